The van der Waals surface area contributed by atoms with E-state index in [0.29, 0.717) is 18.5 Å². The van der Waals surface area contributed by atoms with Crippen LogP contribution >= 0.6 is 0 Å². The van der Waals surface area contributed by atoms with E-state index in [-0.39, 0.29) is 5.91 Å². The van der Waals surface area contributed by atoms with Gasteiger partial charge < -0.3 is 15.3 Å². The molecule has 2 rings (SSSR count). The standard InChI is InChI=1S/C15H20N2O3/c1-15(2,16-3)14(20)17-9-5-7-10-11(13(18)19)6-4-8-12(10)17/h4,6,8,16H,5,7,9H2,1-3H3,(H,18,19). The number of fused-ring (bicyclic) bond motifs is 1. The molecule has 0 radical (unpaired) electrons. The van der Waals surface area contributed by atoms with E-state index in [2.05, 4.69) is 5.32 Å². The molecule has 1 aromatic rings. The van der Waals surface area contributed by atoms with Crippen LogP contribution in [0.15, 0.2) is 18.2 Å². The van der Waals surface area contributed by atoms with Crippen LogP contribution < -0.4 is 10.2 Å². The van der Waals surface area contributed by atoms with E-state index >= 15 is 0 Å². The molecule has 0 fully saturated rings. The number of anilines is 1. The Labute approximate surface area is 118 Å². The summed E-state index contributed by atoms with van der Waals surface area (Å²) in [5.74, 6) is -0.979. The third-order valence-corrected chi connectivity index (χ3v) is 3.89. The lowest BCUT2D eigenvalue weighted by Crippen LogP contribution is -2.54. The topological polar surface area (TPSA) is 69.6 Å². The van der Waals surface area contributed by atoms with Gasteiger partial charge in [0.1, 0.15) is 0 Å². The molecule has 5 nitrogen and oxygen atoms in total. The Kier molecular flexibility index (Phi) is 3.81. The van der Waals surface area contributed by atoms with Crippen LogP contribution in [0.3, 0.4) is 0 Å². The third-order valence-electron chi connectivity index (χ3n) is 3.89. The van der Waals surface area contributed by atoms with Crippen molar-refractivity contribution in [1.82, 2.24) is 5.32 Å². The van der Waals surface area contributed by atoms with Gasteiger partial charge in [-0.2, -0.15) is 0 Å². The Morgan fingerprint density at radius 1 is 1.35 bits per heavy atom. The number of nitrogens with zero attached hydrogens (tertiary/aromatic N) is 1. The number of carboxylic acids is 1. The molecule has 0 spiro atoms. The molecule has 1 aromatic carbocycles. The lowest BCUT2D eigenvalue weighted by Gasteiger charge is -2.36. The summed E-state index contributed by atoms with van der Waals surface area (Å²) in [5, 5.41) is 12.3. The maximum Gasteiger partial charge on any atom is 0.336 e. The van der Waals surface area contributed by atoms with Crippen LogP contribution in [0.25, 0.3) is 0 Å². The first-order valence-corrected chi connectivity index (χ1v) is 6.74. The minimum absolute atomic E-state index is 0.0384. The van der Waals surface area contributed by atoms with E-state index in [1.54, 1.807) is 24.1 Å². The maximum atomic E-state index is 12.6. The van der Waals surface area contributed by atoms with Crippen molar-refractivity contribution >= 4 is 17.6 Å². The number of benzene rings is 1. The summed E-state index contributed by atoms with van der Waals surface area (Å²) < 4.78 is 0. The SMILES string of the molecule is CNC(C)(C)C(=O)N1CCCc2c(C(=O)O)cccc21. The summed E-state index contributed by atoms with van der Waals surface area (Å²) in [7, 11) is 1.75. The molecule has 0 saturated carbocycles. The van der Waals surface area contributed by atoms with Gasteiger partial charge in [0.25, 0.3) is 0 Å². The van der Waals surface area contributed by atoms with Crippen LogP contribution in [-0.2, 0) is 11.2 Å². The van der Waals surface area contributed by atoms with E-state index in [4.69, 9.17) is 0 Å². The van der Waals surface area contributed by atoms with Crippen molar-refractivity contribution in [2.45, 2.75) is 32.2 Å². The number of carboxylic acid groups (broad SMARTS) is 1. The smallest absolute Gasteiger partial charge is 0.336 e. The van der Waals surface area contributed by atoms with Gasteiger partial charge in [-0.25, -0.2) is 4.79 Å². The number of nitrogens with one attached hydrogen (secondary N) is 1. The number of amides is 1. The van der Waals surface area contributed by atoms with Gasteiger partial charge in [0, 0.05) is 12.2 Å². The molecular formula is C15H20N2O3. The van der Waals surface area contributed by atoms with E-state index < -0.39 is 11.5 Å². The summed E-state index contributed by atoms with van der Waals surface area (Å²) in [6.07, 6.45) is 1.48. The zero-order valence-electron chi connectivity index (χ0n) is 12.1. The first-order chi connectivity index (χ1) is 9.38. The van der Waals surface area contributed by atoms with Crippen LogP contribution in [0.1, 0.15) is 36.2 Å². The highest BCUT2D eigenvalue weighted by atomic mass is 16.4. The van der Waals surface area contributed by atoms with Crippen LogP contribution in [0.5, 0.6) is 0 Å². The molecule has 2 N–H and O–H groups in total. The highest BCUT2D eigenvalue weighted by Crippen LogP contribution is 2.31. The molecule has 1 aliphatic heterocycles. The van der Waals surface area contributed by atoms with Crippen LogP contribution in [0.2, 0.25) is 0 Å². The van der Waals surface area contributed by atoms with E-state index in [9.17, 15) is 14.7 Å². The average Bonchev–Trinajstić information content (AvgIpc) is 2.45. The zero-order chi connectivity index (χ0) is 14.9. The predicted molar refractivity (Wildman–Crippen MR) is 77.2 cm³/mol. The van der Waals surface area contributed by atoms with Crippen molar-refractivity contribution in [1.29, 1.82) is 0 Å². The Morgan fingerprint density at radius 2 is 2.05 bits per heavy atom. The Hall–Kier alpha value is -1.88. The van der Waals surface area contributed by atoms with Gasteiger partial charge in [-0.3, -0.25) is 4.79 Å². The Balaban J connectivity index is 2.46. The van der Waals surface area contributed by atoms with Crippen molar-refractivity contribution < 1.29 is 14.7 Å². The second-order valence-corrected chi connectivity index (χ2v) is 5.54. The van der Waals surface area contributed by atoms with Crippen LogP contribution in [0, 0.1) is 0 Å². The molecule has 0 aliphatic carbocycles. The number of aromatic carboxylic acids is 1. The van der Waals surface area contributed by atoms with Gasteiger partial charge in [-0.15, -0.1) is 0 Å². The Morgan fingerprint density at radius 3 is 2.65 bits per heavy atom. The fraction of sp³-hybridized carbons (Fsp3) is 0.467. The third kappa shape index (κ3) is 2.41. The molecule has 0 saturated heterocycles. The number of likely N-dealkylation sites (N-methyl/N-ethyl adjacent to an activating group) is 1. The molecular weight excluding hydrogens is 256 g/mol. The van der Waals surface area contributed by atoms with Crippen molar-refractivity contribution in [3.63, 3.8) is 0 Å². The summed E-state index contributed by atoms with van der Waals surface area (Å²) in [5.41, 5.74) is 1.10. The lowest BCUT2D eigenvalue weighted by molar-refractivity contribution is -0.123. The molecule has 1 amide bonds. The fourth-order valence-corrected chi connectivity index (χ4v) is 2.48. The van der Waals surface area contributed by atoms with E-state index in [1.807, 2.05) is 19.9 Å². The van der Waals surface area contributed by atoms with Gasteiger partial charge in [-0.1, -0.05) is 6.07 Å². The zero-order valence-corrected chi connectivity index (χ0v) is 12.1. The molecule has 0 unspecified atom stereocenters. The number of carbonyl (C=O) groups excluding carboxylic acids is 1. The molecule has 0 aromatic heterocycles. The van der Waals surface area contributed by atoms with Crippen molar-refractivity contribution in [2.75, 3.05) is 18.5 Å². The van der Waals surface area contributed by atoms with Crippen molar-refractivity contribution in [3.05, 3.63) is 29.3 Å². The fourth-order valence-electron chi connectivity index (χ4n) is 2.48. The van der Waals surface area contributed by atoms with Gasteiger partial charge in [0.05, 0.1) is 11.1 Å². The summed E-state index contributed by atoms with van der Waals surface area (Å²) in [6.45, 7) is 4.27. The second kappa shape index (κ2) is 5.25. The highest BCUT2D eigenvalue weighted by Gasteiger charge is 2.34. The molecule has 20 heavy (non-hydrogen) atoms. The van der Waals surface area contributed by atoms with E-state index in [0.717, 1.165) is 17.7 Å². The van der Waals surface area contributed by atoms with Gasteiger partial charge in [-0.05, 0) is 51.4 Å². The van der Waals surface area contributed by atoms with Gasteiger partial charge in [0.2, 0.25) is 5.91 Å². The first-order valence-electron chi connectivity index (χ1n) is 6.74. The molecule has 108 valence electrons. The quantitative estimate of drug-likeness (QED) is 0.881. The molecule has 0 bridgehead atoms. The number of hydrogen-bond acceptors (Lipinski definition) is 3. The van der Waals surface area contributed by atoms with E-state index in [1.165, 1.54) is 0 Å². The normalized spacial score (nSPS) is 14.8. The average molecular weight is 276 g/mol. The minimum Gasteiger partial charge on any atom is -0.478 e. The van der Waals surface area contributed by atoms with Gasteiger partial charge in [0.15, 0.2) is 0 Å². The van der Waals surface area contributed by atoms with Gasteiger partial charge >= 0.3 is 5.97 Å². The summed E-state index contributed by atoms with van der Waals surface area (Å²) in [6, 6.07) is 5.11. The molecule has 1 aliphatic rings. The van der Waals surface area contributed by atoms with Crippen LogP contribution in [0.4, 0.5) is 5.69 Å². The summed E-state index contributed by atoms with van der Waals surface area (Å²) >= 11 is 0. The predicted octanol–water partition coefficient (Wildman–Crippen LogP) is 1.66. The summed E-state index contributed by atoms with van der Waals surface area (Å²) in [4.78, 5) is 25.6. The minimum atomic E-state index is -0.941. The monoisotopic (exact) mass is 276 g/mol. The second-order valence-electron chi connectivity index (χ2n) is 5.54. The molecule has 5 heteroatoms. The van der Waals surface area contributed by atoms with Crippen LogP contribution in [-0.4, -0.2) is 36.1 Å². The van der Waals surface area contributed by atoms with Crippen molar-refractivity contribution in [2.24, 2.45) is 0 Å². The molecule has 0 atom stereocenters. The molecule has 1 heterocycles. The first kappa shape index (κ1) is 14.5. The number of hydrogen-bond donors (Lipinski definition) is 2. The lowest BCUT2D eigenvalue weighted by atomic mass is 9.94. The Bertz CT molecular complexity index is 552. The highest BCUT2D eigenvalue weighted by molar-refractivity contribution is 6.02. The largest absolute Gasteiger partial charge is 0.478 e. The maximum absolute atomic E-state index is 12.6. The van der Waals surface area contributed by atoms with Crippen molar-refractivity contribution in [3.8, 4) is 0 Å². The number of rotatable bonds is 3. The number of carbonyl (C=O) groups is 2.